The van der Waals surface area contributed by atoms with Gasteiger partial charge in [0.15, 0.2) is 9.84 Å². The number of carbonyl (C=O) groups is 1. The Labute approximate surface area is 184 Å². The summed E-state index contributed by atoms with van der Waals surface area (Å²) in [5, 5.41) is 3.07. The van der Waals surface area contributed by atoms with Crippen LogP contribution in [-0.4, -0.2) is 24.6 Å². The van der Waals surface area contributed by atoms with E-state index in [0.29, 0.717) is 28.4 Å². The molecule has 1 unspecified atom stereocenters. The zero-order chi connectivity index (χ0) is 22.3. The molecule has 2 aromatic carbocycles. The van der Waals surface area contributed by atoms with Gasteiger partial charge in [-0.25, -0.2) is 8.42 Å². The first-order chi connectivity index (χ1) is 14.7. The van der Waals surface area contributed by atoms with Gasteiger partial charge in [0.2, 0.25) is 0 Å². The number of amides is 1. The molecule has 5 nitrogen and oxygen atoms in total. The number of nitrogens with zero attached hydrogens (tertiary/aromatic N) is 1. The quantitative estimate of drug-likeness (QED) is 0.635. The molecule has 0 saturated carbocycles. The molecule has 2 heterocycles. The molecule has 162 valence electrons. The average Bonchev–Trinajstić information content (AvgIpc) is 3.04. The number of rotatable bonds is 4. The minimum Gasteiger partial charge on any atom is -0.345 e. The van der Waals surface area contributed by atoms with E-state index in [1.165, 1.54) is 5.56 Å². The van der Waals surface area contributed by atoms with E-state index in [-0.39, 0.29) is 17.7 Å². The second-order valence-corrected chi connectivity index (χ2v) is 10.6. The smallest absolute Gasteiger partial charge is 0.253 e. The van der Waals surface area contributed by atoms with Gasteiger partial charge in [-0.05, 0) is 61.6 Å². The molecule has 31 heavy (non-hydrogen) atoms. The van der Waals surface area contributed by atoms with Crippen LogP contribution in [0.5, 0.6) is 0 Å². The lowest BCUT2D eigenvalue weighted by Gasteiger charge is -2.26. The predicted molar refractivity (Wildman–Crippen MR) is 123 cm³/mol. The summed E-state index contributed by atoms with van der Waals surface area (Å²) in [6, 6.07) is 16.9. The fourth-order valence-corrected chi connectivity index (χ4v) is 6.01. The normalized spacial score (nSPS) is 17.4. The molecule has 1 aliphatic rings. The van der Waals surface area contributed by atoms with Crippen molar-refractivity contribution in [2.75, 3.05) is 5.75 Å². The number of benzene rings is 2. The summed E-state index contributed by atoms with van der Waals surface area (Å²) >= 11 is 0. The highest BCUT2D eigenvalue weighted by atomic mass is 32.2. The number of hydrogen-bond donors (Lipinski definition) is 1. The second kappa shape index (κ2) is 8.00. The Hall–Kier alpha value is -2.86. The van der Waals surface area contributed by atoms with E-state index >= 15 is 0 Å². The molecule has 1 amide bonds. The monoisotopic (exact) mass is 436 g/mol. The Bertz CT molecular complexity index is 1260. The van der Waals surface area contributed by atoms with Gasteiger partial charge < -0.3 is 9.88 Å². The number of fused-ring (bicyclic) bond motifs is 1. The molecule has 0 bridgehead atoms. The third kappa shape index (κ3) is 3.92. The van der Waals surface area contributed by atoms with E-state index in [1.54, 1.807) is 18.2 Å². The standard InChI is InChI=1S/C25H28N2O3S/c1-16(2)19-8-7-9-20(15-19)27-17(3)14-22(18(27)4)25(28)26-23-12-13-31(29,30)24-11-6-5-10-21(23)24/h5-11,14-16,23H,12-13H2,1-4H3,(H,26,28). The molecule has 1 aliphatic heterocycles. The van der Waals surface area contributed by atoms with Gasteiger partial charge in [0, 0.05) is 17.1 Å². The number of hydrogen-bond acceptors (Lipinski definition) is 3. The zero-order valence-corrected chi connectivity index (χ0v) is 19.2. The number of nitrogens with one attached hydrogen (secondary N) is 1. The summed E-state index contributed by atoms with van der Waals surface area (Å²) in [4.78, 5) is 13.5. The number of aryl methyl sites for hydroxylation is 1. The van der Waals surface area contributed by atoms with Gasteiger partial charge in [0.1, 0.15) is 0 Å². The van der Waals surface area contributed by atoms with Gasteiger partial charge in [0.25, 0.3) is 5.91 Å². The lowest BCUT2D eigenvalue weighted by Crippen LogP contribution is -2.34. The lowest BCUT2D eigenvalue weighted by molar-refractivity contribution is 0.0934. The van der Waals surface area contributed by atoms with E-state index < -0.39 is 9.84 Å². The summed E-state index contributed by atoms with van der Waals surface area (Å²) < 4.78 is 26.9. The lowest BCUT2D eigenvalue weighted by atomic mass is 10.0. The SMILES string of the molecule is Cc1cc(C(=O)NC2CCS(=O)(=O)c3ccccc32)c(C)n1-c1cccc(C(C)C)c1. The Morgan fingerprint density at radius 2 is 1.81 bits per heavy atom. The zero-order valence-electron chi connectivity index (χ0n) is 18.3. The number of aromatic nitrogens is 1. The largest absolute Gasteiger partial charge is 0.345 e. The minimum atomic E-state index is -3.29. The van der Waals surface area contributed by atoms with Gasteiger partial charge in [0.05, 0.1) is 22.3 Å². The summed E-state index contributed by atoms with van der Waals surface area (Å²) in [5.41, 5.74) is 5.41. The first-order valence-corrected chi connectivity index (χ1v) is 12.3. The maximum Gasteiger partial charge on any atom is 0.253 e. The highest BCUT2D eigenvalue weighted by Gasteiger charge is 2.31. The fraction of sp³-hybridized carbons (Fsp3) is 0.320. The Balaban J connectivity index is 1.66. The molecule has 6 heteroatoms. The maximum atomic E-state index is 13.2. The maximum absolute atomic E-state index is 13.2. The van der Waals surface area contributed by atoms with Crippen molar-refractivity contribution in [3.05, 3.63) is 82.7 Å². The van der Waals surface area contributed by atoms with E-state index in [2.05, 4.69) is 41.9 Å². The molecular weight excluding hydrogens is 408 g/mol. The molecule has 0 radical (unpaired) electrons. The third-order valence-electron chi connectivity index (χ3n) is 6.08. The first-order valence-electron chi connectivity index (χ1n) is 10.6. The second-order valence-electron chi connectivity index (χ2n) is 8.54. The summed E-state index contributed by atoms with van der Waals surface area (Å²) in [7, 11) is -3.29. The van der Waals surface area contributed by atoms with E-state index in [9.17, 15) is 13.2 Å². The van der Waals surface area contributed by atoms with Crippen LogP contribution in [0.1, 0.15) is 65.1 Å². The first kappa shape index (κ1) is 21.4. The van der Waals surface area contributed by atoms with Crippen molar-refractivity contribution in [3.63, 3.8) is 0 Å². The molecule has 1 aromatic heterocycles. The van der Waals surface area contributed by atoms with Crippen LogP contribution in [0.15, 0.2) is 59.5 Å². The van der Waals surface area contributed by atoms with Crippen molar-refractivity contribution in [2.24, 2.45) is 0 Å². The van der Waals surface area contributed by atoms with Crippen LogP contribution in [-0.2, 0) is 9.84 Å². The van der Waals surface area contributed by atoms with Crippen molar-refractivity contribution in [2.45, 2.75) is 51.0 Å². The molecule has 1 N–H and O–H groups in total. The predicted octanol–water partition coefficient (Wildman–Crippen LogP) is 4.87. The minimum absolute atomic E-state index is 0.0377. The molecular formula is C25H28N2O3S. The Morgan fingerprint density at radius 3 is 2.55 bits per heavy atom. The van der Waals surface area contributed by atoms with E-state index in [4.69, 9.17) is 0 Å². The molecule has 0 spiro atoms. The van der Waals surface area contributed by atoms with Crippen molar-refractivity contribution in [1.82, 2.24) is 9.88 Å². The average molecular weight is 437 g/mol. The van der Waals surface area contributed by atoms with Crippen LogP contribution in [0.4, 0.5) is 0 Å². The van der Waals surface area contributed by atoms with Crippen LogP contribution in [0.2, 0.25) is 0 Å². The van der Waals surface area contributed by atoms with Crippen LogP contribution in [0.25, 0.3) is 5.69 Å². The van der Waals surface area contributed by atoms with E-state index in [1.807, 2.05) is 32.0 Å². The van der Waals surface area contributed by atoms with Gasteiger partial charge >= 0.3 is 0 Å². The highest BCUT2D eigenvalue weighted by Crippen LogP contribution is 2.32. The Kier molecular flexibility index (Phi) is 5.52. The van der Waals surface area contributed by atoms with Crippen molar-refractivity contribution in [1.29, 1.82) is 0 Å². The van der Waals surface area contributed by atoms with Crippen molar-refractivity contribution in [3.8, 4) is 5.69 Å². The van der Waals surface area contributed by atoms with Crippen LogP contribution < -0.4 is 5.32 Å². The number of carbonyl (C=O) groups excluding carboxylic acids is 1. The van der Waals surface area contributed by atoms with Crippen molar-refractivity contribution >= 4 is 15.7 Å². The molecule has 1 atom stereocenters. The topological polar surface area (TPSA) is 68.2 Å². The van der Waals surface area contributed by atoms with Gasteiger partial charge in [-0.2, -0.15) is 0 Å². The summed E-state index contributed by atoms with van der Waals surface area (Å²) in [6.45, 7) is 8.27. The van der Waals surface area contributed by atoms with Crippen LogP contribution >= 0.6 is 0 Å². The van der Waals surface area contributed by atoms with Gasteiger partial charge in [-0.1, -0.05) is 44.2 Å². The summed E-state index contributed by atoms with van der Waals surface area (Å²) in [5.74, 6) is 0.274. The molecule has 4 rings (SSSR count). The van der Waals surface area contributed by atoms with Crippen molar-refractivity contribution < 1.29 is 13.2 Å². The molecule has 3 aromatic rings. The molecule has 0 saturated heterocycles. The molecule has 0 aliphatic carbocycles. The molecule has 0 fully saturated rings. The third-order valence-corrected chi connectivity index (χ3v) is 7.90. The van der Waals surface area contributed by atoms with E-state index in [0.717, 1.165) is 17.1 Å². The fourth-order valence-electron chi connectivity index (χ4n) is 4.39. The van der Waals surface area contributed by atoms with Gasteiger partial charge in [-0.3, -0.25) is 4.79 Å². The Morgan fingerprint density at radius 1 is 1.06 bits per heavy atom. The van der Waals surface area contributed by atoms with Crippen LogP contribution in [0, 0.1) is 13.8 Å². The summed E-state index contributed by atoms with van der Waals surface area (Å²) in [6.07, 6.45) is 0.375. The highest BCUT2D eigenvalue weighted by molar-refractivity contribution is 7.91. The number of sulfone groups is 1. The van der Waals surface area contributed by atoms with Gasteiger partial charge in [-0.15, -0.1) is 0 Å². The van der Waals surface area contributed by atoms with Crippen LogP contribution in [0.3, 0.4) is 0 Å².